The molecule has 4 aliphatic rings. The number of halogens is 2. The van der Waals surface area contributed by atoms with Crippen molar-refractivity contribution in [2.45, 2.75) is 62.7 Å². The molecule has 0 unspecified atom stereocenters. The summed E-state index contributed by atoms with van der Waals surface area (Å²) in [5.74, 6) is 0.214. The van der Waals surface area contributed by atoms with Crippen molar-refractivity contribution in [2.75, 3.05) is 114 Å². The van der Waals surface area contributed by atoms with Crippen LogP contribution < -0.4 is 50.1 Å². The second-order valence-corrected chi connectivity index (χ2v) is 31.5. The summed E-state index contributed by atoms with van der Waals surface area (Å²) in [5, 5.41) is 6.22. The van der Waals surface area contributed by atoms with Crippen molar-refractivity contribution in [1.29, 1.82) is 0 Å². The minimum Gasteiger partial charge on any atom is -0.378 e. The lowest BCUT2D eigenvalue weighted by atomic mass is 10.0. The van der Waals surface area contributed by atoms with Gasteiger partial charge in [0.15, 0.2) is 5.78 Å². The highest BCUT2D eigenvalue weighted by Crippen LogP contribution is 2.38. The van der Waals surface area contributed by atoms with Crippen LogP contribution in [0.2, 0.25) is 24.2 Å². The van der Waals surface area contributed by atoms with Gasteiger partial charge >= 0.3 is 0 Å². The van der Waals surface area contributed by atoms with E-state index in [9.17, 15) is 4.79 Å². The normalized spacial score (nSPS) is 15.4. The molecule has 0 atom stereocenters. The maximum Gasteiger partial charge on any atom is 0.192 e. The first kappa shape index (κ1) is 51.5. The van der Waals surface area contributed by atoms with Crippen molar-refractivity contribution in [3.8, 4) is 0 Å². The van der Waals surface area contributed by atoms with Gasteiger partial charge in [-0.15, -0.1) is 0 Å². The number of nitrogens with zero attached hydrogens (tertiary/aromatic N) is 6. The predicted molar refractivity (Wildman–Crippen MR) is 317 cm³/mol. The lowest BCUT2D eigenvalue weighted by Gasteiger charge is -2.38. The molecule has 0 amide bonds. The topological polar surface area (TPSA) is 36.5 Å². The summed E-state index contributed by atoms with van der Waals surface area (Å²) >= 11 is 7.37. The first-order chi connectivity index (χ1) is 33.3. The summed E-state index contributed by atoms with van der Waals surface area (Å²) < 4.78 is 2.30. The molecule has 11 heteroatoms. The number of carbonyl (C=O) groups is 1. The number of anilines is 6. The standard InChI is InChI=1S/C21H26N2OSi.C21H28N2Si.C17H20Br2N2/c1-22(2)15-7-9-17-19(13-15)25(11-5-6-12-25)20-14-16(23(3)4)8-10-18(20)21(17)24;1-22(2)18-9-7-16-13-17-8-10-19(23(3)4)15-21(17)24(20(16)14-18)11-5-6-12-24;1-20(2)14-7-5-12(16(18)10-14)9-13-6-8-15(21(3)4)11-17(13)19/h7-10,13-14H,5-6,11-12H2,1-4H3;7-10,14-15H,5-6,11-13H2,1-4H3;5-8,10-11H,9H2,1-4H3. The zero-order valence-corrected chi connectivity index (χ0v) is 49.0. The Balaban J connectivity index is 0.000000142. The van der Waals surface area contributed by atoms with Crippen molar-refractivity contribution in [2.24, 2.45) is 0 Å². The highest BCUT2D eigenvalue weighted by molar-refractivity contribution is 9.10. The van der Waals surface area contributed by atoms with Crippen molar-refractivity contribution in [1.82, 2.24) is 0 Å². The van der Waals surface area contributed by atoms with Crippen molar-refractivity contribution >= 4 is 109 Å². The van der Waals surface area contributed by atoms with Gasteiger partial charge in [0.05, 0.1) is 0 Å². The van der Waals surface area contributed by atoms with Gasteiger partial charge in [-0.05, 0) is 165 Å². The number of rotatable bonds is 8. The molecule has 70 heavy (non-hydrogen) atoms. The van der Waals surface area contributed by atoms with Crippen molar-refractivity contribution < 1.29 is 4.79 Å². The fraction of sp³-hybridized carbons (Fsp3) is 0.373. The first-order valence-electron chi connectivity index (χ1n) is 25.0. The van der Waals surface area contributed by atoms with Crippen LogP contribution in [-0.4, -0.2) is 107 Å². The molecule has 0 N–H and O–H groups in total. The second kappa shape index (κ2) is 21.1. The number of carbonyl (C=O) groups excluding carboxylic acids is 1. The summed E-state index contributed by atoms with van der Waals surface area (Å²) in [4.78, 5) is 26.2. The third-order valence-corrected chi connectivity index (χ3v) is 27.8. The summed E-state index contributed by atoms with van der Waals surface area (Å²) in [6.45, 7) is 0. The Morgan fingerprint density at radius 2 is 0.671 bits per heavy atom. The Bertz CT molecular complexity index is 2700. The third kappa shape index (κ3) is 10.1. The molecular formula is C59H74Br2N6OSi2. The SMILES string of the molecule is CN(C)c1ccc(Cc2ccc(N(C)C)cc2Br)c(Br)c1.CN(C)c1ccc2c(c1)[Si]1(CCCC1)c1cc(N(C)C)ccc1C2.CN(C)c1ccc2c(c1)[Si]1(CCCC1)c1cc(N(C)C)ccc1C2=O. The Kier molecular flexibility index (Phi) is 15.5. The van der Waals surface area contributed by atoms with Gasteiger partial charge in [0.1, 0.15) is 16.1 Å². The van der Waals surface area contributed by atoms with Crippen molar-refractivity contribution in [3.05, 3.63) is 152 Å². The Morgan fingerprint density at radius 1 is 0.386 bits per heavy atom. The molecule has 368 valence electrons. The molecular weight excluding hydrogens is 1020 g/mol. The van der Waals surface area contributed by atoms with Gasteiger partial charge in [-0.3, -0.25) is 4.79 Å². The number of ketones is 1. The average Bonchev–Trinajstić information content (AvgIpc) is 4.04. The lowest BCUT2D eigenvalue weighted by molar-refractivity contribution is 0.104. The molecule has 0 aliphatic carbocycles. The van der Waals surface area contributed by atoms with Crippen LogP contribution in [0, 0.1) is 0 Å². The van der Waals surface area contributed by atoms with Crippen molar-refractivity contribution in [3.63, 3.8) is 0 Å². The number of hydrogen-bond donors (Lipinski definition) is 0. The maximum absolute atomic E-state index is 13.2. The molecule has 4 heterocycles. The van der Waals surface area contributed by atoms with Crippen LogP contribution in [0.5, 0.6) is 0 Å². The molecule has 7 nitrogen and oxygen atoms in total. The highest BCUT2D eigenvalue weighted by Gasteiger charge is 2.48. The second-order valence-electron chi connectivity index (χ2n) is 21.3. The van der Waals surface area contributed by atoms with Gasteiger partial charge in [-0.25, -0.2) is 0 Å². The van der Waals surface area contributed by atoms with E-state index >= 15 is 0 Å². The molecule has 6 aromatic rings. The molecule has 2 spiro atoms. The van der Waals surface area contributed by atoms with E-state index in [4.69, 9.17) is 0 Å². The first-order valence-corrected chi connectivity index (χ1v) is 31.5. The van der Waals surface area contributed by atoms with E-state index in [1.165, 1.54) is 105 Å². The van der Waals surface area contributed by atoms with Gasteiger partial charge < -0.3 is 29.4 Å². The minimum absolute atomic E-state index is 0.214. The monoisotopic (exact) mass is 1100 g/mol. The predicted octanol–water partition coefficient (Wildman–Crippen LogP) is 10.7. The number of fused-ring (bicyclic) bond motifs is 8. The van der Waals surface area contributed by atoms with Crippen LogP contribution in [0.4, 0.5) is 34.1 Å². The summed E-state index contributed by atoms with van der Waals surface area (Å²) in [6, 6.07) is 45.8. The minimum atomic E-state index is -1.83. The summed E-state index contributed by atoms with van der Waals surface area (Å²) in [5.41, 5.74) is 15.2. The van der Waals surface area contributed by atoms with Crippen LogP contribution in [0.15, 0.2) is 118 Å². The average molecular weight is 1100 g/mol. The Labute approximate surface area is 438 Å². The van der Waals surface area contributed by atoms with Gasteiger partial charge in [-0.2, -0.15) is 0 Å². The largest absolute Gasteiger partial charge is 0.378 e. The van der Waals surface area contributed by atoms with E-state index in [2.05, 4.69) is 255 Å². The highest BCUT2D eigenvalue weighted by atomic mass is 79.9. The van der Waals surface area contributed by atoms with Crippen LogP contribution in [-0.2, 0) is 12.8 Å². The molecule has 4 aliphatic heterocycles. The maximum atomic E-state index is 13.2. The van der Waals surface area contributed by atoms with Crippen LogP contribution in [0.1, 0.15) is 63.9 Å². The lowest BCUT2D eigenvalue weighted by Crippen LogP contribution is -2.62. The molecule has 2 saturated heterocycles. The molecule has 0 bridgehead atoms. The van der Waals surface area contributed by atoms with Crippen LogP contribution >= 0.6 is 31.9 Å². The Hall–Kier alpha value is -4.82. The molecule has 0 radical (unpaired) electrons. The number of benzene rings is 6. The Morgan fingerprint density at radius 3 is 1.00 bits per heavy atom. The molecule has 6 aromatic carbocycles. The number of hydrogen-bond acceptors (Lipinski definition) is 7. The summed E-state index contributed by atoms with van der Waals surface area (Å²) in [7, 11) is 21.8. The summed E-state index contributed by atoms with van der Waals surface area (Å²) in [6.07, 6.45) is 7.41. The zero-order chi connectivity index (χ0) is 50.2. The van der Waals surface area contributed by atoms with Crippen LogP contribution in [0.25, 0.3) is 0 Å². The van der Waals surface area contributed by atoms with E-state index in [1.807, 2.05) is 0 Å². The fourth-order valence-electron chi connectivity index (χ4n) is 11.5. The fourth-order valence-corrected chi connectivity index (χ4v) is 23.8. The van der Waals surface area contributed by atoms with E-state index in [1.54, 1.807) is 21.5 Å². The van der Waals surface area contributed by atoms with Gasteiger partial charge in [0.25, 0.3) is 0 Å². The zero-order valence-electron chi connectivity index (χ0n) is 43.8. The van der Waals surface area contributed by atoms with E-state index in [0.29, 0.717) is 0 Å². The molecule has 0 saturated carbocycles. The van der Waals surface area contributed by atoms with E-state index < -0.39 is 16.1 Å². The van der Waals surface area contributed by atoms with Gasteiger partial charge in [0.2, 0.25) is 0 Å². The van der Waals surface area contributed by atoms with E-state index in [-0.39, 0.29) is 5.78 Å². The third-order valence-electron chi connectivity index (χ3n) is 15.6. The molecule has 0 aromatic heterocycles. The molecule has 10 rings (SSSR count). The van der Waals surface area contributed by atoms with Gasteiger partial charge in [-0.1, -0.05) is 81.8 Å². The quantitative estimate of drug-likeness (QED) is 0.141. The van der Waals surface area contributed by atoms with Gasteiger partial charge in [0, 0.05) is 139 Å². The molecule has 2 fully saturated rings. The smallest absolute Gasteiger partial charge is 0.192 e. The van der Waals surface area contributed by atoms with Crippen LogP contribution in [0.3, 0.4) is 0 Å². The van der Waals surface area contributed by atoms with E-state index in [0.717, 1.165) is 32.9 Å².